The Labute approximate surface area is 117 Å². The molecule has 0 aliphatic heterocycles. The van der Waals surface area contributed by atoms with Gasteiger partial charge >= 0.3 is 0 Å². The van der Waals surface area contributed by atoms with Gasteiger partial charge in [0, 0.05) is 17.1 Å². The van der Waals surface area contributed by atoms with Crippen LogP contribution < -0.4 is 11.1 Å². The van der Waals surface area contributed by atoms with Crippen LogP contribution in [-0.4, -0.2) is 23.1 Å². The number of phenols is 1. The van der Waals surface area contributed by atoms with Gasteiger partial charge in [-0.15, -0.1) is 0 Å². The van der Waals surface area contributed by atoms with Gasteiger partial charge in [-0.3, -0.25) is 4.79 Å². The van der Waals surface area contributed by atoms with E-state index in [0.717, 1.165) is 32.1 Å². The molecule has 1 fully saturated rings. The van der Waals surface area contributed by atoms with Gasteiger partial charge in [0.1, 0.15) is 5.75 Å². The van der Waals surface area contributed by atoms with Crippen molar-refractivity contribution in [3.8, 4) is 5.75 Å². The van der Waals surface area contributed by atoms with Gasteiger partial charge in [0.25, 0.3) is 5.91 Å². The van der Waals surface area contributed by atoms with Gasteiger partial charge in [-0.25, -0.2) is 0 Å². The Morgan fingerprint density at radius 1 is 1.32 bits per heavy atom. The smallest absolute Gasteiger partial charge is 0.255 e. The number of rotatable bonds is 2. The number of benzene rings is 1. The standard InChI is InChI=1S/C14H19ClN2O2/c15-9-6-7-13(18)10(8-9)14(19)17-12-5-3-1-2-4-11(12)16/h6-8,11-12,18H,1-5,16H2,(H,17,19). The molecule has 1 aromatic rings. The van der Waals surface area contributed by atoms with Crippen molar-refractivity contribution >= 4 is 17.5 Å². The third kappa shape index (κ3) is 3.61. The number of hydrogen-bond acceptors (Lipinski definition) is 3. The highest BCUT2D eigenvalue weighted by Gasteiger charge is 2.23. The van der Waals surface area contributed by atoms with Gasteiger partial charge in [0.15, 0.2) is 0 Å². The summed E-state index contributed by atoms with van der Waals surface area (Å²) < 4.78 is 0. The van der Waals surface area contributed by atoms with Crippen molar-refractivity contribution in [2.45, 2.75) is 44.2 Å². The van der Waals surface area contributed by atoms with Gasteiger partial charge in [0.05, 0.1) is 5.56 Å². The summed E-state index contributed by atoms with van der Waals surface area (Å²) in [4.78, 5) is 12.2. The molecule has 0 spiro atoms. The van der Waals surface area contributed by atoms with Crippen LogP contribution in [0.25, 0.3) is 0 Å². The lowest BCUT2D eigenvalue weighted by molar-refractivity contribution is 0.0926. The summed E-state index contributed by atoms with van der Waals surface area (Å²) in [6, 6.07) is 4.38. The zero-order chi connectivity index (χ0) is 13.8. The second-order valence-corrected chi connectivity index (χ2v) is 5.48. The van der Waals surface area contributed by atoms with E-state index < -0.39 is 0 Å². The Balaban J connectivity index is 2.09. The third-order valence-electron chi connectivity index (χ3n) is 3.59. The fourth-order valence-electron chi connectivity index (χ4n) is 2.45. The molecule has 0 bridgehead atoms. The molecule has 5 heteroatoms. The van der Waals surface area contributed by atoms with Gasteiger partial charge < -0.3 is 16.2 Å². The molecule has 104 valence electrons. The minimum absolute atomic E-state index is 0.0206. The minimum atomic E-state index is -0.317. The summed E-state index contributed by atoms with van der Waals surface area (Å²) >= 11 is 5.84. The predicted molar refractivity (Wildman–Crippen MR) is 75.4 cm³/mol. The second kappa shape index (κ2) is 6.26. The van der Waals surface area contributed by atoms with E-state index in [2.05, 4.69) is 5.32 Å². The first-order valence-electron chi connectivity index (χ1n) is 6.63. The van der Waals surface area contributed by atoms with Gasteiger partial charge in [0.2, 0.25) is 0 Å². The van der Waals surface area contributed by atoms with Crippen LogP contribution in [0, 0.1) is 0 Å². The first-order chi connectivity index (χ1) is 9.08. The number of hydrogen-bond donors (Lipinski definition) is 3. The van der Waals surface area contributed by atoms with Gasteiger partial charge in [-0.1, -0.05) is 30.9 Å². The maximum absolute atomic E-state index is 12.2. The fraction of sp³-hybridized carbons (Fsp3) is 0.500. The van der Waals surface area contributed by atoms with Crippen LogP contribution in [0.1, 0.15) is 42.5 Å². The number of carbonyl (C=O) groups is 1. The Bertz CT molecular complexity index is 465. The highest BCUT2D eigenvalue weighted by Crippen LogP contribution is 2.22. The second-order valence-electron chi connectivity index (χ2n) is 5.04. The van der Waals surface area contributed by atoms with Crippen molar-refractivity contribution in [1.29, 1.82) is 0 Å². The van der Waals surface area contributed by atoms with Crippen molar-refractivity contribution < 1.29 is 9.90 Å². The van der Waals surface area contributed by atoms with Crippen LogP contribution in [0.3, 0.4) is 0 Å². The molecule has 0 saturated heterocycles. The van der Waals surface area contributed by atoms with E-state index in [0.29, 0.717) is 5.02 Å². The number of halogens is 1. The largest absolute Gasteiger partial charge is 0.507 e. The number of carbonyl (C=O) groups excluding carboxylic acids is 1. The third-order valence-corrected chi connectivity index (χ3v) is 3.82. The molecule has 2 rings (SSSR count). The SMILES string of the molecule is NC1CCCCCC1NC(=O)c1cc(Cl)ccc1O. The zero-order valence-corrected chi connectivity index (χ0v) is 11.5. The molecule has 1 amide bonds. The van der Waals surface area contributed by atoms with Crippen molar-refractivity contribution in [2.24, 2.45) is 5.73 Å². The van der Waals surface area contributed by atoms with Crippen LogP contribution in [0.4, 0.5) is 0 Å². The van der Waals surface area contributed by atoms with E-state index in [1.165, 1.54) is 12.1 Å². The maximum Gasteiger partial charge on any atom is 0.255 e. The molecule has 1 saturated carbocycles. The van der Waals surface area contributed by atoms with Crippen molar-refractivity contribution in [2.75, 3.05) is 0 Å². The van der Waals surface area contributed by atoms with E-state index in [-0.39, 0.29) is 29.3 Å². The van der Waals surface area contributed by atoms with Crippen molar-refractivity contribution in [3.63, 3.8) is 0 Å². The summed E-state index contributed by atoms with van der Waals surface area (Å²) in [5, 5.41) is 13.0. The molecule has 1 aliphatic carbocycles. The number of nitrogens with one attached hydrogen (secondary N) is 1. The molecule has 2 unspecified atom stereocenters. The number of amides is 1. The van der Waals surface area contributed by atoms with Gasteiger partial charge in [-0.05, 0) is 31.0 Å². The molecule has 1 aromatic carbocycles. The van der Waals surface area contributed by atoms with E-state index in [4.69, 9.17) is 17.3 Å². The van der Waals surface area contributed by atoms with Crippen molar-refractivity contribution in [3.05, 3.63) is 28.8 Å². The lowest BCUT2D eigenvalue weighted by Gasteiger charge is -2.22. The minimum Gasteiger partial charge on any atom is -0.507 e. The molecule has 0 radical (unpaired) electrons. The van der Waals surface area contributed by atoms with Crippen LogP contribution in [0.5, 0.6) is 5.75 Å². The summed E-state index contributed by atoms with van der Waals surface area (Å²) in [6.07, 6.45) is 5.14. The summed E-state index contributed by atoms with van der Waals surface area (Å²) in [6.45, 7) is 0. The average molecular weight is 283 g/mol. The topological polar surface area (TPSA) is 75.3 Å². The first-order valence-corrected chi connectivity index (χ1v) is 7.00. The number of phenolic OH excluding ortho intramolecular Hbond substituents is 1. The zero-order valence-electron chi connectivity index (χ0n) is 10.7. The average Bonchev–Trinajstić information content (AvgIpc) is 2.58. The lowest BCUT2D eigenvalue weighted by Crippen LogP contribution is -2.46. The van der Waals surface area contributed by atoms with Crippen molar-refractivity contribution in [1.82, 2.24) is 5.32 Å². The Hall–Kier alpha value is -1.26. The van der Waals surface area contributed by atoms with Gasteiger partial charge in [-0.2, -0.15) is 0 Å². The molecule has 4 nitrogen and oxygen atoms in total. The van der Waals surface area contributed by atoms with Crippen LogP contribution in [0.2, 0.25) is 5.02 Å². The molecule has 4 N–H and O–H groups in total. The van der Waals surface area contributed by atoms with Crippen LogP contribution in [0.15, 0.2) is 18.2 Å². The van der Waals surface area contributed by atoms with E-state index in [1.807, 2.05) is 0 Å². The summed E-state index contributed by atoms with van der Waals surface area (Å²) in [5.74, 6) is -0.383. The maximum atomic E-state index is 12.2. The predicted octanol–water partition coefficient (Wildman–Crippen LogP) is 2.44. The molecule has 0 heterocycles. The van der Waals surface area contributed by atoms with Crippen LogP contribution in [-0.2, 0) is 0 Å². The van der Waals surface area contributed by atoms with E-state index in [9.17, 15) is 9.90 Å². The highest BCUT2D eigenvalue weighted by molar-refractivity contribution is 6.31. The molecule has 0 aromatic heterocycles. The monoisotopic (exact) mass is 282 g/mol. The molecule has 2 atom stereocenters. The number of nitrogens with two attached hydrogens (primary N) is 1. The van der Waals surface area contributed by atoms with E-state index >= 15 is 0 Å². The quantitative estimate of drug-likeness (QED) is 0.729. The summed E-state index contributed by atoms with van der Waals surface area (Å²) in [7, 11) is 0. The normalized spacial score (nSPS) is 23.7. The Morgan fingerprint density at radius 3 is 2.84 bits per heavy atom. The molecule has 19 heavy (non-hydrogen) atoms. The summed E-state index contributed by atoms with van der Waals surface area (Å²) in [5.41, 5.74) is 6.27. The Morgan fingerprint density at radius 2 is 2.05 bits per heavy atom. The number of aromatic hydroxyl groups is 1. The fourth-order valence-corrected chi connectivity index (χ4v) is 2.62. The van der Waals surface area contributed by atoms with E-state index in [1.54, 1.807) is 6.07 Å². The lowest BCUT2D eigenvalue weighted by atomic mass is 10.0. The Kier molecular flexibility index (Phi) is 4.66. The molecular formula is C14H19ClN2O2. The first kappa shape index (κ1) is 14.2. The molecule has 1 aliphatic rings. The van der Waals surface area contributed by atoms with Crippen LogP contribution >= 0.6 is 11.6 Å². The molecular weight excluding hydrogens is 264 g/mol. The highest BCUT2D eigenvalue weighted by atomic mass is 35.5.